The molecule has 14 heavy (non-hydrogen) atoms. The first-order valence-corrected chi connectivity index (χ1v) is 5.01. The lowest BCUT2D eigenvalue weighted by molar-refractivity contribution is -0.113. The summed E-state index contributed by atoms with van der Waals surface area (Å²) in [6.07, 6.45) is 6.79. The van der Waals surface area contributed by atoms with E-state index >= 15 is 0 Å². The number of unbranched alkanes of at least 4 members (excludes halogenated alkanes) is 2. The van der Waals surface area contributed by atoms with Gasteiger partial charge in [-0.1, -0.05) is 18.9 Å². The molecule has 5 N–H and O–H groups in total. The summed E-state index contributed by atoms with van der Waals surface area (Å²) < 4.78 is 0. The lowest BCUT2D eigenvalue weighted by atomic mass is 10.1. The second kappa shape index (κ2) is 8.72. The fourth-order valence-electron chi connectivity index (χ4n) is 1.16. The van der Waals surface area contributed by atoms with E-state index in [9.17, 15) is 9.90 Å². The molecule has 82 valence electrons. The number of aliphatic hydroxyl groups excluding tert-OH is 1. The zero-order chi connectivity index (χ0) is 10.8. The van der Waals surface area contributed by atoms with Gasteiger partial charge in [0.2, 0.25) is 5.91 Å². The topological polar surface area (TPSA) is 89.3 Å². The van der Waals surface area contributed by atoms with Crippen LogP contribution >= 0.6 is 0 Å². The summed E-state index contributed by atoms with van der Waals surface area (Å²) in [6, 6.07) is 0. The van der Waals surface area contributed by atoms with Crippen LogP contribution in [0.1, 0.15) is 32.1 Å². The average Bonchev–Trinajstić information content (AvgIpc) is 2.12. The first-order valence-electron chi connectivity index (χ1n) is 5.01. The van der Waals surface area contributed by atoms with Gasteiger partial charge in [-0.15, -0.1) is 0 Å². The van der Waals surface area contributed by atoms with Crippen LogP contribution in [0.2, 0.25) is 0 Å². The van der Waals surface area contributed by atoms with Gasteiger partial charge in [0.15, 0.2) is 0 Å². The molecule has 0 saturated carbocycles. The summed E-state index contributed by atoms with van der Waals surface area (Å²) in [6.45, 7) is 0.706. The normalized spacial score (nSPS) is 13.3. The minimum Gasteiger partial charge on any atom is -0.393 e. The Morgan fingerprint density at radius 1 is 1.36 bits per heavy atom. The van der Waals surface area contributed by atoms with Crippen molar-refractivity contribution in [2.45, 2.75) is 38.2 Å². The summed E-state index contributed by atoms with van der Waals surface area (Å²) in [5, 5.41) is 9.43. The number of hydrogen-bond acceptors (Lipinski definition) is 3. The van der Waals surface area contributed by atoms with E-state index in [1.165, 1.54) is 6.08 Å². The molecule has 0 saturated heterocycles. The fourth-order valence-corrected chi connectivity index (χ4v) is 1.16. The Hall–Kier alpha value is -0.870. The van der Waals surface area contributed by atoms with Gasteiger partial charge in [0.25, 0.3) is 0 Å². The van der Waals surface area contributed by atoms with Crippen molar-refractivity contribution in [2.24, 2.45) is 11.5 Å². The third-order valence-electron chi connectivity index (χ3n) is 1.93. The van der Waals surface area contributed by atoms with Gasteiger partial charge in [-0.05, 0) is 31.9 Å². The van der Waals surface area contributed by atoms with Crippen molar-refractivity contribution in [3.05, 3.63) is 12.2 Å². The third kappa shape index (κ3) is 9.22. The van der Waals surface area contributed by atoms with Crippen molar-refractivity contribution in [2.75, 3.05) is 6.54 Å². The smallest absolute Gasteiger partial charge is 0.241 e. The highest BCUT2D eigenvalue weighted by Gasteiger charge is 2.00. The van der Waals surface area contributed by atoms with Crippen LogP contribution in [0.5, 0.6) is 0 Å². The zero-order valence-corrected chi connectivity index (χ0v) is 8.48. The van der Waals surface area contributed by atoms with Crippen LogP contribution in [0.15, 0.2) is 12.2 Å². The third-order valence-corrected chi connectivity index (χ3v) is 1.93. The number of rotatable bonds is 8. The minimum absolute atomic E-state index is 0.372. The molecule has 0 aliphatic heterocycles. The van der Waals surface area contributed by atoms with Crippen LogP contribution in [-0.2, 0) is 4.79 Å². The Balaban J connectivity index is 3.36. The quantitative estimate of drug-likeness (QED) is 0.389. The number of carbonyl (C=O) groups is 1. The Labute approximate surface area is 85.0 Å². The zero-order valence-electron chi connectivity index (χ0n) is 8.48. The summed E-state index contributed by atoms with van der Waals surface area (Å²) in [4.78, 5) is 10.3. The lowest BCUT2D eigenvalue weighted by Crippen LogP contribution is -2.08. The van der Waals surface area contributed by atoms with Crippen LogP contribution in [0, 0.1) is 0 Å². The van der Waals surface area contributed by atoms with Gasteiger partial charge in [-0.25, -0.2) is 0 Å². The second-order valence-electron chi connectivity index (χ2n) is 3.33. The minimum atomic E-state index is -0.472. The van der Waals surface area contributed by atoms with E-state index < -0.39 is 5.91 Å². The van der Waals surface area contributed by atoms with E-state index in [1.54, 1.807) is 6.08 Å². The van der Waals surface area contributed by atoms with Gasteiger partial charge in [0.05, 0.1) is 6.10 Å². The Kier molecular flexibility index (Phi) is 8.17. The average molecular weight is 200 g/mol. The number of primary amides is 1. The SMILES string of the molecule is NCCCCCC(O)CC=CC(N)=O. The number of amides is 1. The molecule has 0 aliphatic rings. The van der Waals surface area contributed by atoms with Crippen molar-refractivity contribution >= 4 is 5.91 Å². The van der Waals surface area contributed by atoms with E-state index in [0.29, 0.717) is 13.0 Å². The molecule has 0 radical (unpaired) electrons. The van der Waals surface area contributed by atoms with Crippen LogP contribution in [-0.4, -0.2) is 23.7 Å². The first kappa shape index (κ1) is 13.1. The molecule has 0 aliphatic carbocycles. The van der Waals surface area contributed by atoms with Crippen LogP contribution in [0.4, 0.5) is 0 Å². The molecule has 0 fully saturated rings. The molecule has 1 unspecified atom stereocenters. The summed E-state index contributed by atoms with van der Waals surface area (Å²) in [7, 11) is 0. The Bertz CT molecular complexity index is 181. The number of nitrogens with two attached hydrogens (primary N) is 2. The number of aliphatic hydroxyl groups is 1. The molecule has 4 heteroatoms. The number of hydrogen-bond donors (Lipinski definition) is 3. The van der Waals surface area contributed by atoms with Crippen molar-refractivity contribution < 1.29 is 9.90 Å². The van der Waals surface area contributed by atoms with E-state index in [-0.39, 0.29) is 6.10 Å². The second-order valence-corrected chi connectivity index (χ2v) is 3.33. The summed E-state index contributed by atoms with van der Waals surface area (Å²) in [5.41, 5.74) is 10.2. The Morgan fingerprint density at radius 2 is 2.07 bits per heavy atom. The van der Waals surface area contributed by atoms with Crippen LogP contribution in [0.25, 0.3) is 0 Å². The molecule has 0 rings (SSSR count). The van der Waals surface area contributed by atoms with Gasteiger partial charge in [0.1, 0.15) is 0 Å². The largest absolute Gasteiger partial charge is 0.393 e. The predicted molar refractivity (Wildman–Crippen MR) is 56.5 cm³/mol. The van der Waals surface area contributed by atoms with E-state index in [2.05, 4.69) is 0 Å². The molecular formula is C10H20N2O2. The maximum absolute atomic E-state index is 10.3. The van der Waals surface area contributed by atoms with E-state index in [4.69, 9.17) is 11.5 Å². The molecule has 1 atom stereocenters. The van der Waals surface area contributed by atoms with Crippen molar-refractivity contribution in [3.63, 3.8) is 0 Å². The molecule has 0 spiro atoms. The van der Waals surface area contributed by atoms with Gasteiger partial charge in [-0.3, -0.25) is 4.79 Å². The highest BCUT2D eigenvalue weighted by atomic mass is 16.3. The van der Waals surface area contributed by atoms with E-state index in [0.717, 1.165) is 25.7 Å². The molecule has 0 bridgehead atoms. The molecular weight excluding hydrogens is 180 g/mol. The summed E-state index contributed by atoms with van der Waals surface area (Å²) in [5.74, 6) is -0.472. The molecule has 0 heterocycles. The highest BCUT2D eigenvalue weighted by molar-refractivity contribution is 5.85. The highest BCUT2D eigenvalue weighted by Crippen LogP contribution is 2.06. The van der Waals surface area contributed by atoms with Gasteiger partial charge in [-0.2, -0.15) is 0 Å². The first-order chi connectivity index (χ1) is 6.66. The maximum Gasteiger partial charge on any atom is 0.241 e. The van der Waals surface area contributed by atoms with Gasteiger partial charge >= 0.3 is 0 Å². The van der Waals surface area contributed by atoms with Crippen LogP contribution < -0.4 is 11.5 Å². The predicted octanol–water partition coefficient (Wildman–Crippen LogP) is 0.298. The van der Waals surface area contributed by atoms with E-state index in [1.807, 2.05) is 0 Å². The maximum atomic E-state index is 10.3. The van der Waals surface area contributed by atoms with Crippen molar-refractivity contribution in [3.8, 4) is 0 Å². The molecule has 4 nitrogen and oxygen atoms in total. The standard InChI is InChI=1S/C10H20N2O2/c11-8-3-1-2-5-9(13)6-4-7-10(12)14/h4,7,9,13H,1-3,5-6,8,11H2,(H2,12,14). The van der Waals surface area contributed by atoms with Gasteiger partial charge < -0.3 is 16.6 Å². The Morgan fingerprint density at radius 3 is 2.64 bits per heavy atom. The molecule has 0 aromatic rings. The molecule has 0 aromatic carbocycles. The van der Waals surface area contributed by atoms with Crippen molar-refractivity contribution in [1.82, 2.24) is 0 Å². The molecule has 1 amide bonds. The monoisotopic (exact) mass is 200 g/mol. The number of carbonyl (C=O) groups excluding carboxylic acids is 1. The lowest BCUT2D eigenvalue weighted by Gasteiger charge is -2.06. The molecule has 0 aromatic heterocycles. The van der Waals surface area contributed by atoms with Crippen LogP contribution in [0.3, 0.4) is 0 Å². The van der Waals surface area contributed by atoms with Crippen molar-refractivity contribution in [1.29, 1.82) is 0 Å². The fraction of sp³-hybridized carbons (Fsp3) is 0.700. The summed E-state index contributed by atoms with van der Waals surface area (Å²) >= 11 is 0. The van der Waals surface area contributed by atoms with Gasteiger partial charge in [0, 0.05) is 0 Å².